The van der Waals surface area contributed by atoms with Crippen LogP contribution in [0.3, 0.4) is 0 Å². The molecule has 0 spiro atoms. The summed E-state index contributed by atoms with van der Waals surface area (Å²) in [5, 5.41) is 0. The standard InChI is InChI=1S/C25H44O12/c1-21(26)13-30-5-9-34-17-25(18-35-10-6-31-14-22(2)27,19-36-11-7-32-15-23(3)28)20-37-12-8-33-16-24(4)29/h5-20H2,1-4H3. The number of ketones is 4. The number of carbonyl (C=O) groups is 4. The molecule has 0 N–H and O–H groups in total. The van der Waals surface area contributed by atoms with Gasteiger partial charge in [0.25, 0.3) is 0 Å². The topological polar surface area (TPSA) is 142 Å². The van der Waals surface area contributed by atoms with Gasteiger partial charge >= 0.3 is 0 Å². The van der Waals surface area contributed by atoms with Gasteiger partial charge < -0.3 is 37.9 Å². The minimum Gasteiger partial charge on any atom is -0.378 e. The Bertz CT molecular complexity index is 528. The molecule has 0 aliphatic carbocycles. The van der Waals surface area contributed by atoms with Crippen LogP contribution in [-0.2, 0) is 57.1 Å². The maximum absolute atomic E-state index is 11.0. The summed E-state index contributed by atoms with van der Waals surface area (Å²) in [6, 6.07) is 0. The molecule has 0 radical (unpaired) electrons. The molecule has 0 amide bonds. The lowest BCUT2D eigenvalue weighted by Gasteiger charge is -2.33. The van der Waals surface area contributed by atoms with Crippen molar-refractivity contribution in [3.05, 3.63) is 0 Å². The number of carbonyl (C=O) groups excluding carboxylic acids is 4. The molecule has 0 aliphatic heterocycles. The molecule has 12 nitrogen and oxygen atoms in total. The van der Waals surface area contributed by atoms with Crippen LogP contribution in [0.4, 0.5) is 0 Å². The molecular formula is C25H44O12. The van der Waals surface area contributed by atoms with E-state index < -0.39 is 5.41 Å². The monoisotopic (exact) mass is 536 g/mol. The van der Waals surface area contributed by atoms with E-state index in [2.05, 4.69) is 0 Å². The predicted molar refractivity (Wildman–Crippen MR) is 132 cm³/mol. The Morgan fingerprint density at radius 2 is 0.568 bits per heavy atom. The van der Waals surface area contributed by atoms with Crippen LogP contribution in [0.15, 0.2) is 0 Å². The highest BCUT2D eigenvalue weighted by atomic mass is 16.6. The highest BCUT2D eigenvalue weighted by Crippen LogP contribution is 2.21. The first-order chi connectivity index (χ1) is 17.7. The van der Waals surface area contributed by atoms with Crippen molar-refractivity contribution in [1.82, 2.24) is 0 Å². The quantitative estimate of drug-likeness (QED) is 0.128. The number of ether oxygens (including phenoxy) is 8. The summed E-state index contributed by atoms with van der Waals surface area (Å²) in [7, 11) is 0. The van der Waals surface area contributed by atoms with E-state index in [-0.39, 0.29) is 129 Å². The summed E-state index contributed by atoms with van der Waals surface area (Å²) >= 11 is 0. The summed E-state index contributed by atoms with van der Waals surface area (Å²) in [4.78, 5) is 44.1. The fraction of sp³-hybridized carbons (Fsp3) is 0.840. The van der Waals surface area contributed by atoms with Crippen LogP contribution in [0.5, 0.6) is 0 Å². The maximum atomic E-state index is 11.0. The summed E-state index contributed by atoms with van der Waals surface area (Å²) in [5.41, 5.74) is -0.720. The second-order valence-corrected chi connectivity index (χ2v) is 8.73. The SMILES string of the molecule is CC(=O)COCCOCC(COCCOCC(C)=O)(COCCOCC(C)=O)COCCOCC(C)=O. The van der Waals surface area contributed by atoms with Crippen molar-refractivity contribution in [2.24, 2.45) is 5.41 Å². The molecule has 37 heavy (non-hydrogen) atoms. The van der Waals surface area contributed by atoms with Crippen molar-refractivity contribution >= 4 is 23.1 Å². The molecule has 0 aromatic carbocycles. The number of hydrogen-bond acceptors (Lipinski definition) is 12. The fourth-order valence-corrected chi connectivity index (χ4v) is 2.74. The van der Waals surface area contributed by atoms with Crippen molar-refractivity contribution in [3.63, 3.8) is 0 Å². The van der Waals surface area contributed by atoms with Crippen molar-refractivity contribution in [3.8, 4) is 0 Å². The molecule has 12 heteroatoms. The summed E-state index contributed by atoms with van der Waals surface area (Å²) in [5.74, 6) is -0.294. The van der Waals surface area contributed by atoms with Gasteiger partial charge in [0.1, 0.15) is 26.4 Å². The highest BCUT2D eigenvalue weighted by molar-refractivity contribution is 5.77. The van der Waals surface area contributed by atoms with Gasteiger partial charge in [0.15, 0.2) is 23.1 Å². The van der Waals surface area contributed by atoms with Crippen molar-refractivity contribution in [1.29, 1.82) is 0 Å². The van der Waals surface area contributed by atoms with E-state index in [9.17, 15) is 19.2 Å². The Labute approximate surface area is 219 Å². The lowest BCUT2D eigenvalue weighted by molar-refractivity contribution is -0.129. The second-order valence-electron chi connectivity index (χ2n) is 8.73. The Hall–Kier alpha value is -1.64. The molecule has 216 valence electrons. The molecule has 0 aromatic heterocycles. The lowest BCUT2D eigenvalue weighted by Crippen LogP contribution is -2.43. The Balaban J connectivity index is 4.94. The Kier molecular flexibility index (Phi) is 22.4. The van der Waals surface area contributed by atoms with Crippen LogP contribution >= 0.6 is 0 Å². The first-order valence-electron chi connectivity index (χ1n) is 12.3. The molecule has 0 atom stereocenters. The predicted octanol–water partition coefficient (Wildman–Crippen LogP) is 0.462. The van der Waals surface area contributed by atoms with Crippen LogP contribution in [0.25, 0.3) is 0 Å². The molecular weight excluding hydrogens is 492 g/mol. The Morgan fingerprint density at radius 1 is 0.378 bits per heavy atom. The van der Waals surface area contributed by atoms with Crippen LogP contribution in [0.2, 0.25) is 0 Å². The van der Waals surface area contributed by atoms with Gasteiger partial charge in [0, 0.05) is 0 Å². The largest absolute Gasteiger partial charge is 0.378 e. The van der Waals surface area contributed by atoms with E-state index in [1.807, 2.05) is 0 Å². The third-order valence-corrected chi connectivity index (χ3v) is 4.34. The number of Topliss-reactive ketones (excluding diaryl/α,β-unsaturated/α-hetero) is 4. The van der Waals surface area contributed by atoms with Gasteiger partial charge in [0.05, 0.1) is 84.7 Å². The van der Waals surface area contributed by atoms with Gasteiger partial charge in [-0.05, 0) is 27.7 Å². The van der Waals surface area contributed by atoms with Crippen molar-refractivity contribution in [2.75, 3.05) is 106 Å². The van der Waals surface area contributed by atoms with E-state index in [0.29, 0.717) is 0 Å². The zero-order valence-electron chi connectivity index (χ0n) is 22.7. The van der Waals surface area contributed by atoms with Crippen LogP contribution < -0.4 is 0 Å². The van der Waals surface area contributed by atoms with Gasteiger partial charge in [-0.1, -0.05) is 0 Å². The molecule has 0 bridgehead atoms. The first kappa shape index (κ1) is 35.4. The molecule has 0 heterocycles. The number of rotatable bonds is 28. The molecule has 0 fully saturated rings. The van der Waals surface area contributed by atoms with Crippen molar-refractivity contribution in [2.45, 2.75) is 27.7 Å². The average Bonchev–Trinajstić information content (AvgIpc) is 2.82. The van der Waals surface area contributed by atoms with Crippen LogP contribution in [0, 0.1) is 5.41 Å². The van der Waals surface area contributed by atoms with Gasteiger partial charge in [-0.3, -0.25) is 19.2 Å². The first-order valence-corrected chi connectivity index (χ1v) is 12.3. The summed E-state index contributed by atoms with van der Waals surface area (Å²) in [6.45, 7) is 8.63. The zero-order valence-corrected chi connectivity index (χ0v) is 22.7. The fourth-order valence-electron chi connectivity index (χ4n) is 2.74. The molecule has 0 aliphatic rings. The molecule has 0 aromatic rings. The van der Waals surface area contributed by atoms with Gasteiger partial charge in [-0.2, -0.15) is 0 Å². The maximum Gasteiger partial charge on any atom is 0.155 e. The normalized spacial score (nSPS) is 11.6. The van der Waals surface area contributed by atoms with E-state index in [1.54, 1.807) is 0 Å². The van der Waals surface area contributed by atoms with E-state index in [4.69, 9.17) is 37.9 Å². The summed E-state index contributed by atoms with van der Waals surface area (Å²) < 4.78 is 44.2. The highest BCUT2D eigenvalue weighted by Gasteiger charge is 2.32. The third kappa shape index (κ3) is 24.5. The molecule has 0 rings (SSSR count). The van der Waals surface area contributed by atoms with E-state index >= 15 is 0 Å². The smallest absolute Gasteiger partial charge is 0.155 e. The van der Waals surface area contributed by atoms with Gasteiger partial charge in [-0.25, -0.2) is 0 Å². The van der Waals surface area contributed by atoms with Crippen molar-refractivity contribution < 1.29 is 57.1 Å². The van der Waals surface area contributed by atoms with Crippen LogP contribution in [-0.4, -0.2) is 129 Å². The summed E-state index contributed by atoms with van der Waals surface area (Å²) in [6.07, 6.45) is 0. The second kappa shape index (κ2) is 23.5. The minimum absolute atomic E-state index is 0.0185. The Morgan fingerprint density at radius 3 is 0.757 bits per heavy atom. The third-order valence-electron chi connectivity index (χ3n) is 4.34. The molecule has 0 saturated heterocycles. The van der Waals surface area contributed by atoms with E-state index in [1.165, 1.54) is 27.7 Å². The van der Waals surface area contributed by atoms with Gasteiger partial charge in [-0.15, -0.1) is 0 Å². The number of hydrogen-bond donors (Lipinski definition) is 0. The van der Waals surface area contributed by atoms with Gasteiger partial charge in [0.2, 0.25) is 0 Å². The molecule has 0 saturated carbocycles. The average molecular weight is 537 g/mol. The lowest BCUT2D eigenvalue weighted by atomic mass is 9.92. The zero-order chi connectivity index (χ0) is 27.8. The van der Waals surface area contributed by atoms with Crippen LogP contribution in [0.1, 0.15) is 27.7 Å². The minimum atomic E-state index is -0.720. The van der Waals surface area contributed by atoms with E-state index in [0.717, 1.165) is 0 Å². The molecule has 0 unspecified atom stereocenters.